The molecule has 0 saturated carbocycles. The van der Waals surface area contributed by atoms with Crippen molar-refractivity contribution in [1.29, 1.82) is 0 Å². The van der Waals surface area contributed by atoms with E-state index in [2.05, 4.69) is 10.2 Å². The lowest BCUT2D eigenvalue weighted by atomic mass is 10.1. The second kappa shape index (κ2) is 8.06. The third kappa shape index (κ3) is 3.81. The Bertz CT molecular complexity index is 1010. The van der Waals surface area contributed by atoms with Gasteiger partial charge >= 0.3 is 0 Å². The van der Waals surface area contributed by atoms with Crippen LogP contribution in [0.2, 0.25) is 0 Å². The predicted octanol–water partition coefficient (Wildman–Crippen LogP) is 2.00. The zero-order chi connectivity index (χ0) is 19.6. The number of benzene rings is 1. The highest BCUT2D eigenvalue weighted by Gasteiger charge is 2.18. The van der Waals surface area contributed by atoms with E-state index in [9.17, 15) is 9.18 Å². The number of fused-ring (bicyclic) bond motifs is 3. The Hall–Kier alpha value is -2.45. The molecule has 7 nitrogen and oxygen atoms in total. The van der Waals surface area contributed by atoms with Gasteiger partial charge < -0.3 is 19.9 Å². The Morgan fingerprint density at radius 3 is 2.81 bits per heavy atom. The lowest BCUT2D eigenvalue weighted by Gasteiger charge is -2.14. The van der Waals surface area contributed by atoms with Crippen molar-refractivity contribution in [1.82, 2.24) is 19.7 Å². The maximum atomic E-state index is 14.6. The Balaban J connectivity index is 2.10. The largest absolute Gasteiger partial charge is 0.490 e. The fourth-order valence-electron chi connectivity index (χ4n) is 3.23. The summed E-state index contributed by atoms with van der Waals surface area (Å²) in [5, 5.41) is 8.34. The summed E-state index contributed by atoms with van der Waals surface area (Å²) in [6.45, 7) is 3.95. The van der Waals surface area contributed by atoms with E-state index in [1.807, 2.05) is 19.0 Å². The second-order valence-corrected chi connectivity index (χ2v) is 6.98. The van der Waals surface area contributed by atoms with Crippen LogP contribution in [-0.4, -0.2) is 53.5 Å². The van der Waals surface area contributed by atoms with Gasteiger partial charge in [0.1, 0.15) is 5.52 Å². The molecular formula is C19H26FN5O2. The minimum absolute atomic E-state index is 0.173. The Labute approximate surface area is 156 Å². The number of aromatic amines is 1. The van der Waals surface area contributed by atoms with Crippen molar-refractivity contribution in [3.8, 4) is 5.75 Å². The Kier molecular flexibility index (Phi) is 5.76. The SMILES string of the molecule is Cc1[nH]nc2c1c(=O)n(CCCN)c1cc(F)c(OCCCN(C)C)cc21. The smallest absolute Gasteiger partial charge is 0.262 e. The zero-order valence-corrected chi connectivity index (χ0v) is 16.0. The van der Waals surface area contributed by atoms with Gasteiger partial charge in [-0.2, -0.15) is 5.10 Å². The molecule has 0 spiro atoms. The molecule has 8 heteroatoms. The Morgan fingerprint density at radius 1 is 1.33 bits per heavy atom. The fourth-order valence-corrected chi connectivity index (χ4v) is 3.23. The molecule has 1 aromatic carbocycles. The molecule has 0 fully saturated rings. The first-order valence-corrected chi connectivity index (χ1v) is 9.12. The molecule has 2 aromatic heterocycles. The average molecular weight is 375 g/mol. The quantitative estimate of drug-likeness (QED) is 0.588. The van der Waals surface area contributed by atoms with Crippen LogP contribution in [0.5, 0.6) is 5.75 Å². The van der Waals surface area contributed by atoms with Crippen molar-refractivity contribution in [3.63, 3.8) is 0 Å². The third-order valence-electron chi connectivity index (χ3n) is 4.60. The van der Waals surface area contributed by atoms with Crippen LogP contribution in [0.3, 0.4) is 0 Å². The molecular weight excluding hydrogens is 349 g/mol. The van der Waals surface area contributed by atoms with Gasteiger partial charge in [-0.1, -0.05) is 0 Å². The molecule has 3 aromatic rings. The van der Waals surface area contributed by atoms with Crippen LogP contribution in [0.1, 0.15) is 18.5 Å². The lowest BCUT2D eigenvalue weighted by Crippen LogP contribution is -2.22. The standard InChI is InChI=1S/C19H26FN5O2/c1-12-17-18(23-22-12)13-10-16(27-9-5-7-24(2)3)14(20)11-15(13)25(19(17)26)8-4-6-21/h10-11H,4-9,21H2,1-3H3,(H,22,23). The summed E-state index contributed by atoms with van der Waals surface area (Å²) >= 11 is 0. The summed E-state index contributed by atoms with van der Waals surface area (Å²) in [4.78, 5) is 15.0. The molecule has 2 heterocycles. The number of hydrogen-bond donors (Lipinski definition) is 2. The number of pyridine rings is 1. The summed E-state index contributed by atoms with van der Waals surface area (Å²) in [5.74, 6) is -0.313. The average Bonchev–Trinajstić information content (AvgIpc) is 3.01. The number of nitrogens with zero attached hydrogens (tertiary/aromatic N) is 3. The van der Waals surface area contributed by atoms with E-state index in [0.29, 0.717) is 53.6 Å². The van der Waals surface area contributed by atoms with Gasteiger partial charge in [-0.05, 0) is 46.5 Å². The normalized spacial score (nSPS) is 11.8. The molecule has 27 heavy (non-hydrogen) atoms. The van der Waals surface area contributed by atoms with Gasteiger partial charge in [-0.25, -0.2) is 4.39 Å². The fraction of sp³-hybridized carbons (Fsp3) is 0.474. The minimum atomic E-state index is -0.486. The monoisotopic (exact) mass is 375 g/mol. The molecule has 0 bridgehead atoms. The highest BCUT2D eigenvalue weighted by Crippen LogP contribution is 2.29. The second-order valence-electron chi connectivity index (χ2n) is 6.98. The summed E-state index contributed by atoms with van der Waals surface area (Å²) in [7, 11) is 3.96. The highest BCUT2D eigenvalue weighted by molar-refractivity contribution is 6.04. The first-order valence-electron chi connectivity index (χ1n) is 9.12. The van der Waals surface area contributed by atoms with Crippen LogP contribution in [0.25, 0.3) is 21.8 Å². The van der Waals surface area contributed by atoms with Crippen LogP contribution in [0.15, 0.2) is 16.9 Å². The third-order valence-corrected chi connectivity index (χ3v) is 4.60. The summed E-state index contributed by atoms with van der Waals surface area (Å²) < 4.78 is 21.9. The van der Waals surface area contributed by atoms with Gasteiger partial charge in [0.25, 0.3) is 5.56 Å². The van der Waals surface area contributed by atoms with E-state index in [1.165, 1.54) is 6.07 Å². The molecule has 0 aliphatic heterocycles. The van der Waals surface area contributed by atoms with Gasteiger partial charge in [0.05, 0.1) is 17.5 Å². The van der Waals surface area contributed by atoms with Gasteiger partial charge in [0, 0.05) is 30.2 Å². The molecule has 146 valence electrons. The van der Waals surface area contributed by atoms with Crippen LogP contribution >= 0.6 is 0 Å². The van der Waals surface area contributed by atoms with Gasteiger partial charge in [-0.3, -0.25) is 9.89 Å². The maximum absolute atomic E-state index is 14.6. The predicted molar refractivity (Wildman–Crippen MR) is 105 cm³/mol. The van der Waals surface area contributed by atoms with E-state index < -0.39 is 5.82 Å². The molecule has 0 aliphatic rings. The maximum Gasteiger partial charge on any atom is 0.262 e. The molecule has 0 saturated heterocycles. The number of nitrogens with two attached hydrogens (primary N) is 1. The number of halogens is 1. The van der Waals surface area contributed by atoms with Crippen molar-refractivity contribution in [2.24, 2.45) is 5.73 Å². The van der Waals surface area contributed by atoms with E-state index in [0.717, 1.165) is 13.0 Å². The van der Waals surface area contributed by atoms with E-state index in [4.69, 9.17) is 10.5 Å². The summed E-state index contributed by atoms with van der Waals surface area (Å²) in [6, 6.07) is 3.00. The number of rotatable bonds is 8. The van der Waals surface area contributed by atoms with Crippen LogP contribution in [0, 0.1) is 12.7 Å². The first kappa shape index (κ1) is 19.3. The van der Waals surface area contributed by atoms with Crippen molar-refractivity contribution < 1.29 is 9.13 Å². The molecule has 3 rings (SSSR count). The van der Waals surface area contributed by atoms with Crippen LogP contribution in [0.4, 0.5) is 4.39 Å². The summed E-state index contributed by atoms with van der Waals surface area (Å²) in [6.07, 6.45) is 1.42. The number of hydrogen-bond acceptors (Lipinski definition) is 5. The molecule has 0 aliphatic carbocycles. The van der Waals surface area contributed by atoms with Crippen molar-refractivity contribution >= 4 is 21.8 Å². The summed E-state index contributed by atoms with van der Waals surface area (Å²) in [5.41, 5.74) is 7.15. The van der Waals surface area contributed by atoms with Gasteiger partial charge in [0.2, 0.25) is 0 Å². The highest BCUT2D eigenvalue weighted by atomic mass is 19.1. The van der Waals surface area contributed by atoms with E-state index in [-0.39, 0.29) is 11.3 Å². The molecule has 3 N–H and O–H groups in total. The molecule has 0 atom stereocenters. The zero-order valence-electron chi connectivity index (χ0n) is 16.0. The first-order chi connectivity index (χ1) is 12.9. The van der Waals surface area contributed by atoms with E-state index >= 15 is 0 Å². The van der Waals surface area contributed by atoms with Crippen molar-refractivity contribution in [2.75, 3.05) is 33.8 Å². The molecule has 0 radical (unpaired) electrons. The topological polar surface area (TPSA) is 89.2 Å². The lowest BCUT2D eigenvalue weighted by molar-refractivity contribution is 0.271. The van der Waals surface area contributed by atoms with E-state index in [1.54, 1.807) is 17.6 Å². The number of H-pyrrole nitrogens is 1. The van der Waals surface area contributed by atoms with Gasteiger partial charge in [-0.15, -0.1) is 0 Å². The number of nitrogens with one attached hydrogen (secondary N) is 1. The van der Waals surface area contributed by atoms with Crippen molar-refractivity contribution in [3.05, 3.63) is 34.0 Å². The number of ether oxygens (including phenoxy) is 1. The van der Waals surface area contributed by atoms with Crippen LogP contribution in [-0.2, 0) is 6.54 Å². The molecule has 0 unspecified atom stereocenters. The van der Waals surface area contributed by atoms with Crippen molar-refractivity contribution in [2.45, 2.75) is 26.3 Å². The number of aromatic nitrogens is 3. The van der Waals surface area contributed by atoms with Gasteiger partial charge in [0.15, 0.2) is 11.6 Å². The Morgan fingerprint density at radius 2 is 2.11 bits per heavy atom. The van der Waals surface area contributed by atoms with Crippen LogP contribution < -0.4 is 16.0 Å². The number of aryl methyl sites for hydroxylation is 2. The molecule has 0 amide bonds. The minimum Gasteiger partial charge on any atom is -0.490 e.